The number of fused-ring (bicyclic) bond motifs is 3. The number of amides is 1. The molecule has 3 heterocycles. The van der Waals surface area contributed by atoms with E-state index in [0.29, 0.717) is 49.8 Å². The van der Waals surface area contributed by atoms with Gasteiger partial charge in [0.15, 0.2) is 0 Å². The van der Waals surface area contributed by atoms with Crippen molar-refractivity contribution in [2.24, 2.45) is 5.73 Å². The SMILES string of the molecule is CN(C)S(=O)(=O)N1CCN2c3ccc(Nc4ncc(C(N)=O)c(NC5CC5)n4)cc3OC[C@]2(C)C1. The molecule has 1 saturated heterocycles. The topological polar surface area (TPSA) is 146 Å². The summed E-state index contributed by atoms with van der Waals surface area (Å²) in [5.41, 5.74) is 6.87. The van der Waals surface area contributed by atoms with Gasteiger partial charge in [0.25, 0.3) is 16.1 Å². The zero-order valence-electron chi connectivity index (χ0n) is 20.0. The Morgan fingerprint density at radius 1 is 1.29 bits per heavy atom. The number of ether oxygens (including phenoxy) is 1. The van der Waals surface area contributed by atoms with Gasteiger partial charge in [0.1, 0.15) is 18.2 Å². The average Bonchev–Trinajstić information content (AvgIpc) is 3.62. The molecule has 2 fully saturated rings. The van der Waals surface area contributed by atoms with E-state index in [1.807, 2.05) is 25.1 Å². The first kappa shape index (κ1) is 23.6. The summed E-state index contributed by atoms with van der Waals surface area (Å²) in [6.45, 7) is 3.65. The van der Waals surface area contributed by atoms with Crippen LogP contribution in [0.1, 0.15) is 30.1 Å². The monoisotopic (exact) mass is 502 g/mol. The fraction of sp³-hybridized carbons (Fsp3) is 0.500. The Morgan fingerprint density at radius 3 is 2.74 bits per heavy atom. The molecule has 1 aromatic heterocycles. The van der Waals surface area contributed by atoms with E-state index >= 15 is 0 Å². The van der Waals surface area contributed by atoms with Gasteiger partial charge in [-0.2, -0.15) is 22.0 Å². The minimum Gasteiger partial charge on any atom is -0.489 e. The molecule has 0 radical (unpaired) electrons. The summed E-state index contributed by atoms with van der Waals surface area (Å²) in [5, 5.41) is 6.39. The summed E-state index contributed by atoms with van der Waals surface area (Å²) in [6.07, 6.45) is 3.48. The summed E-state index contributed by atoms with van der Waals surface area (Å²) in [5.74, 6) is 0.874. The van der Waals surface area contributed by atoms with Gasteiger partial charge in [0.05, 0.1) is 16.8 Å². The second-order valence-corrected chi connectivity index (χ2v) is 11.7. The Kier molecular flexibility index (Phi) is 5.73. The predicted molar refractivity (Wildman–Crippen MR) is 132 cm³/mol. The van der Waals surface area contributed by atoms with Crippen molar-refractivity contribution in [3.8, 4) is 5.75 Å². The largest absolute Gasteiger partial charge is 0.489 e. The molecule has 4 N–H and O–H groups in total. The summed E-state index contributed by atoms with van der Waals surface area (Å²) >= 11 is 0. The third-order valence-electron chi connectivity index (χ3n) is 6.55. The number of piperazine rings is 1. The van der Waals surface area contributed by atoms with Crippen LogP contribution < -0.4 is 26.0 Å². The number of nitrogens with zero attached hydrogens (tertiary/aromatic N) is 5. The molecule has 1 saturated carbocycles. The van der Waals surface area contributed by atoms with Crippen molar-refractivity contribution in [1.29, 1.82) is 0 Å². The minimum absolute atomic E-state index is 0.255. The standard InChI is InChI=1S/C22H30N8O4S/c1-22-12-29(35(32,33)28(2)3)8-9-30(22)17-7-6-15(10-18(17)34-13-22)26-21-24-11-16(19(23)31)20(27-21)25-14-4-5-14/h6-7,10-11,14H,4-5,8-9,12-13H2,1-3H3,(H2,23,31)(H2,24,25,26,27)/t22-/m0/s1. The summed E-state index contributed by atoms with van der Waals surface area (Å²) in [6, 6.07) is 6.02. The van der Waals surface area contributed by atoms with Crippen LogP contribution in [0.3, 0.4) is 0 Å². The van der Waals surface area contributed by atoms with Gasteiger partial charge < -0.3 is 26.0 Å². The van der Waals surface area contributed by atoms with E-state index in [9.17, 15) is 13.2 Å². The Balaban J connectivity index is 1.35. The molecule has 0 unspecified atom stereocenters. The van der Waals surface area contributed by atoms with Gasteiger partial charge >= 0.3 is 0 Å². The summed E-state index contributed by atoms with van der Waals surface area (Å²) < 4.78 is 34.2. The number of benzene rings is 1. The molecule has 188 valence electrons. The molecular formula is C22H30N8O4S. The van der Waals surface area contributed by atoms with E-state index in [-0.39, 0.29) is 5.56 Å². The summed E-state index contributed by atoms with van der Waals surface area (Å²) in [7, 11) is -0.411. The lowest BCUT2D eigenvalue weighted by atomic mass is 9.95. The predicted octanol–water partition coefficient (Wildman–Crippen LogP) is 0.973. The number of rotatable bonds is 7. The molecule has 35 heavy (non-hydrogen) atoms. The Morgan fingerprint density at radius 2 is 2.06 bits per heavy atom. The number of carbonyl (C=O) groups is 1. The fourth-order valence-corrected chi connectivity index (χ4v) is 5.65. The van der Waals surface area contributed by atoms with Crippen LogP contribution in [0, 0.1) is 0 Å². The number of primary amides is 1. The number of nitrogens with one attached hydrogen (secondary N) is 2. The number of hydrogen-bond acceptors (Lipinski definition) is 9. The molecule has 5 rings (SSSR count). The van der Waals surface area contributed by atoms with Gasteiger partial charge in [-0.05, 0) is 31.9 Å². The molecule has 12 nitrogen and oxygen atoms in total. The zero-order valence-corrected chi connectivity index (χ0v) is 20.8. The number of nitrogens with two attached hydrogens (primary N) is 1. The van der Waals surface area contributed by atoms with Crippen LogP contribution in [0.15, 0.2) is 24.4 Å². The lowest BCUT2D eigenvalue weighted by Gasteiger charge is -2.52. The quantitative estimate of drug-likeness (QED) is 0.504. The highest BCUT2D eigenvalue weighted by Crippen LogP contribution is 2.42. The maximum absolute atomic E-state index is 12.7. The van der Waals surface area contributed by atoms with Gasteiger partial charge in [0, 0.05) is 57.7 Å². The highest BCUT2D eigenvalue weighted by molar-refractivity contribution is 7.86. The van der Waals surface area contributed by atoms with E-state index < -0.39 is 21.7 Å². The second kappa shape index (κ2) is 8.50. The minimum atomic E-state index is -3.50. The van der Waals surface area contributed by atoms with Crippen molar-refractivity contribution < 1.29 is 17.9 Å². The smallest absolute Gasteiger partial charge is 0.281 e. The summed E-state index contributed by atoms with van der Waals surface area (Å²) in [4.78, 5) is 22.6. The van der Waals surface area contributed by atoms with Crippen molar-refractivity contribution in [2.75, 3.05) is 55.9 Å². The van der Waals surface area contributed by atoms with E-state index in [2.05, 4.69) is 25.5 Å². The van der Waals surface area contributed by atoms with Crippen LogP contribution in [0.4, 0.5) is 23.1 Å². The number of anilines is 4. The molecular weight excluding hydrogens is 472 g/mol. The van der Waals surface area contributed by atoms with E-state index in [1.165, 1.54) is 14.8 Å². The molecule has 13 heteroatoms. The Hall–Kier alpha value is -3.16. The fourth-order valence-electron chi connectivity index (χ4n) is 4.43. The maximum atomic E-state index is 12.7. The first-order valence-electron chi connectivity index (χ1n) is 11.5. The van der Waals surface area contributed by atoms with E-state index in [4.69, 9.17) is 10.5 Å². The molecule has 1 amide bonds. The zero-order chi connectivity index (χ0) is 25.0. The first-order valence-corrected chi connectivity index (χ1v) is 12.9. The number of aromatic nitrogens is 2. The van der Waals surface area contributed by atoms with Gasteiger partial charge in [-0.1, -0.05) is 0 Å². The maximum Gasteiger partial charge on any atom is 0.281 e. The van der Waals surface area contributed by atoms with Crippen LogP contribution in [0.2, 0.25) is 0 Å². The number of hydrogen-bond donors (Lipinski definition) is 3. The lowest BCUT2D eigenvalue weighted by molar-refractivity contribution is 0.100. The average molecular weight is 503 g/mol. The molecule has 1 atom stereocenters. The van der Waals surface area contributed by atoms with Gasteiger partial charge in [-0.3, -0.25) is 4.79 Å². The van der Waals surface area contributed by atoms with Gasteiger partial charge in [-0.15, -0.1) is 0 Å². The molecule has 0 spiro atoms. The normalized spacial score (nSPS) is 22.2. The van der Waals surface area contributed by atoms with Crippen LogP contribution in [-0.2, 0) is 10.2 Å². The van der Waals surface area contributed by atoms with Crippen molar-refractivity contribution in [1.82, 2.24) is 18.6 Å². The number of carbonyl (C=O) groups excluding carboxylic acids is 1. The third-order valence-corrected chi connectivity index (χ3v) is 8.43. The van der Waals surface area contributed by atoms with E-state index in [0.717, 1.165) is 24.2 Å². The van der Waals surface area contributed by atoms with Crippen molar-refractivity contribution in [2.45, 2.75) is 31.3 Å². The Labute approximate surface area is 204 Å². The highest BCUT2D eigenvalue weighted by Gasteiger charge is 2.46. The Bertz CT molecular complexity index is 1270. The van der Waals surface area contributed by atoms with Crippen molar-refractivity contribution in [3.05, 3.63) is 30.0 Å². The van der Waals surface area contributed by atoms with Crippen LogP contribution in [-0.4, -0.2) is 84.8 Å². The first-order chi connectivity index (χ1) is 16.6. The highest BCUT2D eigenvalue weighted by atomic mass is 32.2. The second-order valence-electron chi connectivity index (χ2n) is 9.61. The molecule has 1 aliphatic carbocycles. The third kappa shape index (κ3) is 4.46. The van der Waals surface area contributed by atoms with Crippen LogP contribution in [0.5, 0.6) is 5.75 Å². The van der Waals surface area contributed by atoms with Crippen LogP contribution in [0.25, 0.3) is 0 Å². The van der Waals surface area contributed by atoms with Crippen molar-refractivity contribution >= 4 is 39.3 Å². The van der Waals surface area contributed by atoms with Gasteiger partial charge in [-0.25, -0.2) is 4.98 Å². The molecule has 2 aromatic rings. The molecule has 3 aliphatic rings. The lowest BCUT2D eigenvalue weighted by Crippen LogP contribution is -2.66. The molecule has 2 aliphatic heterocycles. The molecule has 1 aromatic carbocycles. The van der Waals surface area contributed by atoms with Gasteiger partial charge in [0.2, 0.25) is 5.95 Å². The van der Waals surface area contributed by atoms with E-state index in [1.54, 1.807) is 14.1 Å². The molecule has 0 bridgehead atoms. The van der Waals surface area contributed by atoms with Crippen LogP contribution >= 0.6 is 0 Å². The van der Waals surface area contributed by atoms with Crippen molar-refractivity contribution in [3.63, 3.8) is 0 Å².